The summed E-state index contributed by atoms with van der Waals surface area (Å²) in [6, 6.07) is 0. The number of nitrogens with zero attached hydrogens (tertiary/aromatic N) is 2. The van der Waals surface area contributed by atoms with Gasteiger partial charge in [-0.1, -0.05) is 10.3 Å². The van der Waals surface area contributed by atoms with E-state index in [1.54, 1.807) is 6.92 Å². The fraction of sp³-hybridized carbons (Fsp3) is 0.600. The quantitative estimate of drug-likeness (QED) is 0.343. The van der Waals surface area contributed by atoms with Crippen molar-refractivity contribution in [3.05, 3.63) is 0 Å². The van der Waals surface area contributed by atoms with Crippen LogP contribution in [0.15, 0.2) is 10.3 Å². The van der Waals surface area contributed by atoms with Crippen LogP contribution in [0.3, 0.4) is 0 Å². The Kier molecular flexibility index (Phi) is 4.02. The molecule has 0 atom stereocenters. The van der Waals surface area contributed by atoms with Gasteiger partial charge in [0.25, 0.3) is 0 Å². The highest BCUT2D eigenvalue weighted by Gasteiger charge is 1.96. The molecule has 0 saturated carbocycles. The molecular formula is C5H11N3O2. The van der Waals surface area contributed by atoms with E-state index in [1.165, 1.54) is 14.2 Å². The van der Waals surface area contributed by atoms with Crippen LogP contribution in [-0.4, -0.2) is 25.8 Å². The molecular weight excluding hydrogens is 134 g/mol. The van der Waals surface area contributed by atoms with Crippen LogP contribution in [0.25, 0.3) is 0 Å². The van der Waals surface area contributed by atoms with Gasteiger partial charge in [-0.3, -0.25) is 0 Å². The molecule has 0 aromatic heterocycles. The number of oxime groups is 2. The minimum Gasteiger partial charge on any atom is -0.399 e. The smallest absolute Gasteiger partial charge is 0.187 e. The molecule has 0 saturated heterocycles. The van der Waals surface area contributed by atoms with Gasteiger partial charge < -0.3 is 15.4 Å². The molecule has 0 aromatic carbocycles. The first-order valence-electron chi connectivity index (χ1n) is 2.67. The Hall–Kier alpha value is -1.26. The van der Waals surface area contributed by atoms with Crippen molar-refractivity contribution >= 4 is 11.5 Å². The van der Waals surface area contributed by atoms with E-state index < -0.39 is 0 Å². The normalized spacial score (nSPS) is 13.1. The van der Waals surface area contributed by atoms with Crippen molar-refractivity contribution in [2.75, 3.05) is 14.2 Å². The van der Waals surface area contributed by atoms with Crippen LogP contribution >= 0.6 is 0 Å². The van der Waals surface area contributed by atoms with Gasteiger partial charge in [0.1, 0.15) is 19.9 Å². The van der Waals surface area contributed by atoms with E-state index in [-0.39, 0.29) is 5.84 Å². The standard InChI is InChI=1S/C5H11N3O2/c1-4(7-9-2)5(6)8-10-3/h1-3H3,(H2,6,8). The summed E-state index contributed by atoms with van der Waals surface area (Å²) < 4.78 is 0. The zero-order valence-electron chi connectivity index (χ0n) is 6.29. The van der Waals surface area contributed by atoms with Crippen LogP contribution in [0.5, 0.6) is 0 Å². The van der Waals surface area contributed by atoms with Crippen molar-refractivity contribution in [1.29, 1.82) is 0 Å². The Morgan fingerprint density at radius 2 is 1.70 bits per heavy atom. The maximum atomic E-state index is 5.33. The lowest BCUT2D eigenvalue weighted by Crippen LogP contribution is -2.21. The molecule has 5 nitrogen and oxygen atoms in total. The molecule has 5 heteroatoms. The average molecular weight is 145 g/mol. The van der Waals surface area contributed by atoms with Gasteiger partial charge in [0, 0.05) is 0 Å². The van der Waals surface area contributed by atoms with E-state index in [1.807, 2.05) is 0 Å². The van der Waals surface area contributed by atoms with Crippen LogP contribution in [-0.2, 0) is 9.68 Å². The van der Waals surface area contributed by atoms with Crippen molar-refractivity contribution in [3.63, 3.8) is 0 Å². The van der Waals surface area contributed by atoms with E-state index in [0.29, 0.717) is 5.71 Å². The van der Waals surface area contributed by atoms with Gasteiger partial charge in [-0.05, 0) is 6.92 Å². The first-order valence-corrected chi connectivity index (χ1v) is 2.67. The monoisotopic (exact) mass is 145 g/mol. The zero-order chi connectivity index (χ0) is 7.98. The second-order valence-electron chi connectivity index (χ2n) is 1.52. The van der Waals surface area contributed by atoms with Crippen molar-refractivity contribution in [3.8, 4) is 0 Å². The molecule has 0 heterocycles. The van der Waals surface area contributed by atoms with Gasteiger partial charge in [0.15, 0.2) is 5.84 Å². The topological polar surface area (TPSA) is 69.2 Å². The molecule has 10 heavy (non-hydrogen) atoms. The van der Waals surface area contributed by atoms with Crippen molar-refractivity contribution in [2.45, 2.75) is 6.92 Å². The Morgan fingerprint density at radius 3 is 2.10 bits per heavy atom. The summed E-state index contributed by atoms with van der Waals surface area (Å²) in [7, 11) is 2.84. The second-order valence-corrected chi connectivity index (χ2v) is 1.52. The molecule has 0 unspecified atom stereocenters. The summed E-state index contributed by atoms with van der Waals surface area (Å²) in [6.45, 7) is 1.67. The predicted octanol–water partition coefficient (Wildman–Crippen LogP) is -0.0727. The summed E-state index contributed by atoms with van der Waals surface area (Å²) in [4.78, 5) is 8.84. The van der Waals surface area contributed by atoms with Gasteiger partial charge >= 0.3 is 0 Å². The molecule has 0 rings (SSSR count). The van der Waals surface area contributed by atoms with E-state index in [4.69, 9.17) is 5.73 Å². The summed E-state index contributed by atoms with van der Waals surface area (Å²) >= 11 is 0. The van der Waals surface area contributed by atoms with Gasteiger partial charge in [-0.15, -0.1) is 0 Å². The van der Waals surface area contributed by atoms with E-state index >= 15 is 0 Å². The lowest BCUT2D eigenvalue weighted by molar-refractivity contribution is 0.209. The van der Waals surface area contributed by atoms with Crippen LogP contribution in [0, 0.1) is 0 Å². The van der Waals surface area contributed by atoms with E-state index in [9.17, 15) is 0 Å². The Labute approximate surface area is 59.5 Å². The summed E-state index contributed by atoms with van der Waals surface area (Å²) in [6.07, 6.45) is 0. The highest BCUT2D eigenvalue weighted by Crippen LogP contribution is 1.79. The number of hydrogen-bond donors (Lipinski definition) is 1. The third kappa shape index (κ3) is 2.91. The van der Waals surface area contributed by atoms with Gasteiger partial charge in [0.2, 0.25) is 0 Å². The van der Waals surface area contributed by atoms with Crippen molar-refractivity contribution < 1.29 is 9.68 Å². The number of hydrogen-bond acceptors (Lipinski definition) is 4. The average Bonchev–Trinajstić information content (AvgIpc) is 1.89. The molecule has 58 valence electrons. The third-order valence-electron chi connectivity index (χ3n) is 0.789. The number of nitrogens with two attached hydrogens (primary N) is 1. The molecule has 0 aliphatic heterocycles. The van der Waals surface area contributed by atoms with Gasteiger partial charge in [0.05, 0.1) is 0 Å². The van der Waals surface area contributed by atoms with Crippen LogP contribution in [0.1, 0.15) is 6.92 Å². The minimum absolute atomic E-state index is 0.212. The Morgan fingerprint density at radius 1 is 1.20 bits per heavy atom. The van der Waals surface area contributed by atoms with Crippen LogP contribution < -0.4 is 5.73 Å². The highest BCUT2D eigenvalue weighted by molar-refractivity contribution is 6.39. The van der Waals surface area contributed by atoms with Gasteiger partial charge in [-0.25, -0.2) is 0 Å². The second kappa shape index (κ2) is 4.60. The molecule has 0 aliphatic rings. The molecule has 0 fully saturated rings. The first kappa shape index (κ1) is 8.74. The molecule has 0 aliphatic carbocycles. The van der Waals surface area contributed by atoms with Gasteiger partial charge in [-0.2, -0.15) is 0 Å². The maximum absolute atomic E-state index is 5.33. The SMILES string of the molecule is CON=C(C)C(N)=NOC. The summed E-state index contributed by atoms with van der Waals surface area (Å²) in [5.41, 5.74) is 5.82. The molecule has 0 bridgehead atoms. The predicted molar refractivity (Wildman–Crippen MR) is 38.7 cm³/mol. The lowest BCUT2D eigenvalue weighted by Gasteiger charge is -1.95. The number of amidine groups is 1. The molecule has 0 radical (unpaired) electrons. The zero-order valence-corrected chi connectivity index (χ0v) is 6.29. The highest BCUT2D eigenvalue weighted by atomic mass is 16.6. The summed E-state index contributed by atoms with van der Waals surface area (Å²) in [5, 5.41) is 6.95. The molecule has 0 aromatic rings. The Balaban J connectivity index is 4.06. The molecule has 0 spiro atoms. The van der Waals surface area contributed by atoms with E-state index in [0.717, 1.165) is 0 Å². The molecule has 2 N–H and O–H groups in total. The van der Waals surface area contributed by atoms with Crippen LogP contribution in [0.4, 0.5) is 0 Å². The first-order chi connectivity index (χ1) is 4.72. The largest absolute Gasteiger partial charge is 0.399 e. The van der Waals surface area contributed by atoms with E-state index in [2.05, 4.69) is 20.0 Å². The van der Waals surface area contributed by atoms with Crippen LogP contribution in [0.2, 0.25) is 0 Å². The fourth-order valence-electron chi connectivity index (χ4n) is 0.348. The summed E-state index contributed by atoms with van der Waals surface area (Å²) in [5.74, 6) is 0.212. The lowest BCUT2D eigenvalue weighted by atomic mass is 10.4. The minimum atomic E-state index is 0.212. The maximum Gasteiger partial charge on any atom is 0.187 e. The number of rotatable bonds is 3. The van der Waals surface area contributed by atoms with Crippen molar-refractivity contribution in [2.24, 2.45) is 16.0 Å². The molecule has 0 amide bonds. The Bertz CT molecular complexity index is 135. The fourth-order valence-corrected chi connectivity index (χ4v) is 0.348. The third-order valence-corrected chi connectivity index (χ3v) is 0.789. The van der Waals surface area contributed by atoms with Crippen molar-refractivity contribution in [1.82, 2.24) is 0 Å².